The molecule has 3 N–H and O–H groups in total. The Balaban J connectivity index is 1.38. The van der Waals surface area contributed by atoms with E-state index in [0.29, 0.717) is 40.2 Å². The summed E-state index contributed by atoms with van der Waals surface area (Å²) in [6.45, 7) is 1.18. The number of carbonyl (C=O) groups excluding carboxylic acids is 1. The molecule has 0 saturated carbocycles. The summed E-state index contributed by atoms with van der Waals surface area (Å²) in [6.07, 6.45) is 1.50. The van der Waals surface area contributed by atoms with Gasteiger partial charge in [-0.05, 0) is 53.0 Å². The molecule has 3 aliphatic heterocycles. The molecule has 0 amide bonds. The Bertz CT molecular complexity index is 1390. The smallest absolute Gasteiger partial charge is 0.383 e. The average Bonchev–Trinajstić information content (AvgIpc) is 3.28. The Morgan fingerprint density at radius 2 is 2.03 bits per heavy atom. The van der Waals surface area contributed by atoms with Crippen molar-refractivity contribution in [3.63, 3.8) is 0 Å². The summed E-state index contributed by atoms with van der Waals surface area (Å²) in [4.78, 5) is 24.4. The summed E-state index contributed by atoms with van der Waals surface area (Å²) in [7, 11) is 0. The van der Waals surface area contributed by atoms with Crippen LogP contribution in [0.2, 0.25) is 10.0 Å². The van der Waals surface area contributed by atoms with Crippen LogP contribution in [0.4, 0.5) is 24.8 Å². The number of carbonyl (C=O) groups is 1. The highest BCUT2D eigenvalue weighted by atomic mass is 35.5. The van der Waals surface area contributed by atoms with Crippen LogP contribution in [-0.2, 0) is 0 Å². The molecule has 37 heavy (non-hydrogen) atoms. The Morgan fingerprint density at radius 3 is 2.76 bits per heavy atom. The lowest BCUT2D eigenvalue weighted by Crippen LogP contribution is -2.61. The molecule has 9 nitrogen and oxygen atoms in total. The van der Waals surface area contributed by atoms with Gasteiger partial charge in [0.1, 0.15) is 23.5 Å². The number of aromatic nitrogens is 1. The SMILES string of the molecule is Nc1nc(NC2CCCN([N+]34C=C(c5ccc(Cl)cc5Cl)N=CC3=NC=N4)C2)ccc1C(=O)C(F)(F)F. The molecule has 14 heteroatoms. The number of aliphatic imine (C=N–C) groups is 2. The molecular formula is C23H20Cl2F3N8O+. The maximum Gasteiger partial charge on any atom is 0.455 e. The number of hydrogen-bond acceptors (Lipinski definition) is 8. The Labute approximate surface area is 219 Å². The van der Waals surface area contributed by atoms with E-state index in [2.05, 4.69) is 30.4 Å². The molecule has 0 bridgehead atoms. The van der Waals surface area contributed by atoms with Gasteiger partial charge in [-0.15, -0.1) is 5.01 Å². The van der Waals surface area contributed by atoms with E-state index in [1.165, 1.54) is 12.4 Å². The standard InChI is InChI=1S/C23H19Cl2F3N8O/c24-13-3-4-15(17(25)8-13)18-11-36(20(9-30-18)31-12-32-36)35-7-1-2-14(10-35)33-19-6-5-16(22(29)34-19)21(37)23(26,27)28/h3-6,8-9,11-12,14H,1-2,7,10H2,(H2-,29,33,34,37)/p+1. The molecule has 1 fully saturated rings. The third kappa shape index (κ3) is 4.85. The highest BCUT2D eigenvalue weighted by molar-refractivity contribution is 6.36. The van der Waals surface area contributed by atoms with Crippen molar-refractivity contribution in [2.45, 2.75) is 25.1 Å². The van der Waals surface area contributed by atoms with Crippen LogP contribution in [0, 0.1) is 0 Å². The number of nitrogens with two attached hydrogens (primary N) is 1. The zero-order chi connectivity index (χ0) is 26.4. The number of fused-ring (bicyclic) bond motifs is 1. The molecule has 1 aromatic carbocycles. The minimum absolute atomic E-state index is 0.0371. The number of halogens is 5. The molecule has 0 aliphatic carbocycles. The number of anilines is 2. The summed E-state index contributed by atoms with van der Waals surface area (Å²) in [5, 5.41) is 10.9. The molecule has 4 heterocycles. The monoisotopic (exact) mass is 551 g/mol. The number of hydrogen-bond donors (Lipinski definition) is 2. The number of piperidine rings is 1. The van der Waals surface area contributed by atoms with E-state index in [9.17, 15) is 18.0 Å². The molecule has 1 aromatic heterocycles. The van der Waals surface area contributed by atoms with Crippen molar-refractivity contribution >= 4 is 64.7 Å². The van der Waals surface area contributed by atoms with Crippen molar-refractivity contribution in [1.82, 2.24) is 9.99 Å². The number of ketones is 1. The predicted octanol–water partition coefficient (Wildman–Crippen LogP) is 4.76. The van der Waals surface area contributed by atoms with Crippen molar-refractivity contribution in [3.05, 3.63) is 57.7 Å². The second-order valence-corrected chi connectivity index (χ2v) is 9.46. The van der Waals surface area contributed by atoms with E-state index >= 15 is 0 Å². The second-order valence-electron chi connectivity index (χ2n) is 8.62. The molecule has 192 valence electrons. The summed E-state index contributed by atoms with van der Waals surface area (Å²) >= 11 is 12.5. The molecule has 0 radical (unpaired) electrons. The fourth-order valence-electron chi connectivity index (χ4n) is 4.45. The number of amidine groups is 1. The number of nitrogens with one attached hydrogen (secondary N) is 1. The number of quaternary nitrogens is 1. The van der Waals surface area contributed by atoms with Crippen molar-refractivity contribution in [2.75, 3.05) is 24.1 Å². The van der Waals surface area contributed by atoms with Crippen LogP contribution in [0.3, 0.4) is 0 Å². The largest absolute Gasteiger partial charge is 0.455 e. The van der Waals surface area contributed by atoms with Crippen LogP contribution < -0.4 is 11.1 Å². The number of nitrogens with zero attached hydrogens (tertiary/aromatic N) is 6. The lowest BCUT2D eigenvalue weighted by Gasteiger charge is -2.40. The van der Waals surface area contributed by atoms with Gasteiger partial charge in [-0.25, -0.2) is 9.98 Å². The van der Waals surface area contributed by atoms with E-state index in [4.69, 9.17) is 28.9 Å². The quantitative estimate of drug-likeness (QED) is 0.411. The topological polar surface area (TPSA) is 108 Å². The Morgan fingerprint density at radius 1 is 1.22 bits per heavy atom. The van der Waals surface area contributed by atoms with E-state index in [1.54, 1.807) is 24.4 Å². The second kappa shape index (κ2) is 9.53. The summed E-state index contributed by atoms with van der Waals surface area (Å²) in [5.74, 6) is -1.64. The van der Waals surface area contributed by atoms with Gasteiger partial charge in [0.25, 0.3) is 11.6 Å². The minimum Gasteiger partial charge on any atom is -0.383 e. The zero-order valence-electron chi connectivity index (χ0n) is 19.1. The van der Waals surface area contributed by atoms with Gasteiger partial charge in [0, 0.05) is 16.6 Å². The summed E-state index contributed by atoms with van der Waals surface area (Å²) < 4.78 is 38.3. The van der Waals surface area contributed by atoms with Gasteiger partial charge in [-0.2, -0.15) is 18.2 Å². The van der Waals surface area contributed by atoms with Gasteiger partial charge < -0.3 is 11.1 Å². The van der Waals surface area contributed by atoms with Gasteiger partial charge in [-0.3, -0.25) is 4.79 Å². The first-order valence-corrected chi connectivity index (χ1v) is 12.0. The third-order valence-electron chi connectivity index (χ3n) is 6.19. The average molecular weight is 552 g/mol. The van der Waals surface area contributed by atoms with E-state index in [0.717, 1.165) is 18.9 Å². The van der Waals surface area contributed by atoms with Crippen LogP contribution in [0.25, 0.3) is 5.70 Å². The van der Waals surface area contributed by atoms with Crippen LogP contribution in [0.15, 0.2) is 51.6 Å². The fraction of sp³-hybridized carbons (Fsp3) is 0.261. The first kappa shape index (κ1) is 25.3. The maximum absolute atomic E-state index is 12.8. The Hall–Kier alpha value is -3.32. The van der Waals surface area contributed by atoms with E-state index < -0.39 is 23.3 Å². The number of rotatable bonds is 5. The minimum atomic E-state index is -5.03. The molecule has 3 aliphatic rings. The normalized spacial score (nSPS) is 23.4. The first-order chi connectivity index (χ1) is 17.6. The van der Waals surface area contributed by atoms with Crippen LogP contribution in [-0.4, -0.2) is 64.2 Å². The molecular weight excluding hydrogens is 532 g/mol. The van der Waals surface area contributed by atoms with Gasteiger partial charge in [0.05, 0.1) is 23.7 Å². The lowest BCUT2D eigenvalue weighted by molar-refractivity contribution is -0.917. The molecule has 5 rings (SSSR count). The zero-order valence-corrected chi connectivity index (χ0v) is 20.6. The number of Topliss-reactive ketones (excluding diaryl/α,β-unsaturated/α-hetero) is 1. The van der Waals surface area contributed by atoms with Crippen LogP contribution >= 0.6 is 23.2 Å². The number of alkyl halides is 3. The molecule has 2 aromatic rings. The lowest BCUT2D eigenvalue weighted by atomic mass is 10.1. The summed E-state index contributed by atoms with van der Waals surface area (Å²) in [6, 6.07) is 7.37. The van der Waals surface area contributed by atoms with E-state index in [-0.39, 0.29) is 16.6 Å². The number of nitrogen functional groups attached to an aromatic ring is 1. The van der Waals surface area contributed by atoms with Crippen molar-refractivity contribution < 1.29 is 22.7 Å². The first-order valence-electron chi connectivity index (χ1n) is 11.2. The van der Waals surface area contributed by atoms with Crippen molar-refractivity contribution in [3.8, 4) is 0 Å². The van der Waals surface area contributed by atoms with Crippen LogP contribution in [0.1, 0.15) is 28.8 Å². The van der Waals surface area contributed by atoms with Crippen molar-refractivity contribution in [2.24, 2.45) is 15.1 Å². The van der Waals surface area contributed by atoms with Crippen molar-refractivity contribution in [1.29, 1.82) is 0 Å². The highest BCUT2D eigenvalue weighted by Gasteiger charge is 2.47. The predicted molar refractivity (Wildman–Crippen MR) is 136 cm³/mol. The summed E-state index contributed by atoms with van der Waals surface area (Å²) in [5.41, 5.74) is 6.29. The highest BCUT2D eigenvalue weighted by Crippen LogP contribution is 2.35. The third-order valence-corrected chi connectivity index (χ3v) is 6.74. The Kier molecular flexibility index (Phi) is 6.52. The molecule has 1 saturated heterocycles. The number of benzene rings is 1. The van der Waals surface area contributed by atoms with Gasteiger partial charge >= 0.3 is 6.18 Å². The van der Waals surface area contributed by atoms with Gasteiger partial charge in [0.15, 0.2) is 12.5 Å². The fourth-order valence-corrected chi connectivity index (χ4v) is 4.96. The van der Waals surface area contributed by atoms with Gasteiger partial charge in [-0.1, -0.05) is 23.2 Å². The van der Waals surface area contributed by atoms with Gasteiger partial charge in [0.2, 0.25) is 0 Å². The number of pyridine rings is 1. The van der Waals surface area contributed by atoms with Crippen LogP contribution in [0.5, 0.6) is 0 Å². The molecule has 0 spiro atoms. The molecule has 2 atom stereocenters. The van der Waals surface area contributed by atoms with E-state index in [1.807, 2.05) is 6.20 Å². The molecule has 2 unspecified atom stereocenters. The maximum atomic E-state index is 12.8.